The predicted molar refractivity (Wildman–Crippen MR) is 73.7 cm³/mol. The molecule has 0 unspecified atom stereocenters. The number of hydrogen-bond acceptors (Lipinski definition) is 3. The van der Waals surface area contributed by atoms with Crippen LogP contribution < -0.4 is 4.90 Å². The third-order valence-corrected chi connectivity index (χ3v) is 3.42. The minimum Gasteiger partial charge on any atom is -0.469 e. The summed E-state index contributed by atoms with van der Waals surface area (Å²) in [7, 11) is 3.07. The summed E-state index contributed by atoms with van der Waals surface area (Å²) in [5.41, 5.74) is -0.0565. The van der Waals surface area contributed by atoms with Gasteiger partial charge in [0.05, 0.1) is 18.4 Å². The highest BCUT2D eigenvalue weighted by molar-refractivity contribution is 9.10. The van der Waals surface area contributed by atoms with E-state index in [4.69, 9.17) is 0 Å². The smallest absolute Gasteiger partial charge is 0.416 e. The number of halogens is 4. The zero-order valence-electron chi connectivity index (χ0n) is 11.1. The molecular formula is C13H15BrF3NO2. The topological polar surface area (TPSA) is 29.5 Å². The van der Waals surface area contributed by atoms with Crippen molar-refractivity contribution in [1.82, 2.24) is 0 Å². The molecule has 1 aromatic carbocycles. The van der Waals surface area contributed by atoms with Crippen molar-refractivity contribution in [3.05, 3.63) is 28.2 Å². The van der Waals surface area contributed by atoms with Gasteiger partial charge in [-0.05, 0) is 40.5 Å². The molecule has 1 rings (SSSR count). The molecule has 112 valence electrons. The molecule has 0 bridgehead atoms. The fourth-order valence-corrected chi connectivity index (χ4v) is 2.36. The van der Waals surface area contributed by atoms with E-state index in [2.05, 4.69) is 20.7 Å². The summed E-state index contributed by atoms with van der Waals surface area (Å²) < 4.78 is 42.5. The molecule has 1 aromatic rings. The van der Waals surface area contributed by atoms with Gasteiger partial charge in [0.1, 0.15) is 0 Å². The van der Waals surface area contributed by atoms with Gasteiger partial charge >= 0.3 is 12.1 Å². The van der Waals surface area contributed by atoms with Crippen LogP contribution in [0.4, 0.5) is 18.9 Å². The molecule has 0 aliphatic heterocycles. The Balaban J connectivity index is 2.69. The van der Waals surface area contributed by atoms with Gasteiger partial charge in [0.2, 0.25) is 0 Å². The number of benzene rings is 1. The van der Waals surface area contributed by atoms with Gasteiger partial charge in [0.25, 0.3) is 0 Å². The number of anilines is 1. The highest BCUT2D eigenvalue weighted by Gasteiger charge is 2.31. The van der Waals surface area contributed by atoms with Crippen molar-refractivity contribution in [1.29, 1.82) is 0 Å². The fourth-order valence-electron chi connectivity index (χ4n) is 1.68. The molecule has 0 aliphatic carbocycles. The third kappa shape index (κ3) is 4.70. The van der Waals surface area contributed by atoms with Crippen LogP contribution >= 0.6 is 15.9 Å². The van der Waals surface area contributed by atoms with Gasteiger partial charge in [0.15, 0.2) is 0 Å². The second-order valence-electron chi connectivity index (χ2n) is 4.27. The van der Waals surface area contributed by atoms with Crippen molar-refractivity contribution in [3.63, 3.8) is 0 Å². The maximum absolute atomic E-state index is 12.5. The summed E-state index contributed by atoms with van der Waals surface area (Å²) in [5, 5.41) is 0. The van der Waals surface area contributed by atoms with Crippen LogP contribution in [0.3, 0.4) is 0 Å². The number of ether oxygens (including phenoxy) is 1. The Morgan fingerprint density at radius 2 is 2.05 bits per heavy atom. The number of carbonyl (C=O) groups is 1. The van der Waals surface area contributed by atoms with E-state index in [1.165, 1.54) is 13.2 Å². The zero-order valence-corrected chi connectivity index (χ0v) is 12.7. The van der Waals surface area contributed by atoms with Crippen LogP contribution in [-0.4, -0.2) is 26.7 Å². The van der Waals surface area contributed by atoms with E-state index in [1.54, 1.807) is 11.9 Å². The van der Waals surface area contributed by atoms with E-state index >= 15 is 0 Å². The summed E-state index contributed by atoms with van der Waals surface area (Å²) in [5.74, 6) is -0.301. The van der Waals surface area contributed by atoms with Gasteiger partial charge in [-0.25, -0.2) is 0 Å². The number of carbonyl (C=O) groups excluding carboxylic acids is 1. The molecule has 0 radical (unpaired) electrons. The standard InChI is InChI=1S/C13H15BrF3NO2/c1-18(7-3-4-12(19)20-2)11-6-5-9(8-10(11)14)13(15,16)17/h5-6,8H,3-4,7H2,1-2H3. The first-order chi connectivity index (χ1) is 9.25. The first-order valence-corrected chi connectivity index (χ1v) is 6.69. The van der Waals surface area contributed by atoms with Crippen molar-refractivity contribution in [2.24, 2.45) is 0 Å². The van der Waals surface area contributed by atoms with Crippen molar-refractivity contribution >= 4 is 27.6 Å². The summed E-state index contributed by atoms with van der Waals surface area (Å²) in [4.78, 5) is 12.8. The monoisotopic (exact) mass is 353 g/mol. The Morgan fingerprint density at radius 1 is 1.40 bits per heavy atom. The number of esters is 1. The molecule has 0 amide bonds. The number of nitrogens with zero attached hydrogens (tertiary/aromatic N) is 1. The van der Waals surface area contributed by atoms with E-state index in [-0.39, 0.29) is 12.4 Å². The lowest BCUT2D eigenvalue weighted by atomic mass is 10.2. The van der Waals surface area contributed by atoms with Crippen LogP contribution in [0.1, 0.15) is 18.4 Å². The molecule has 0 saturated heterocycles. The molecule has 7 heteroatoms. The Bertz CT molecular complexity index is 477. The fraction of sp³-hybridized carbons (Fsp3) is 0.462. The van der Waals surface area contributed by atoms with Crippen molar-refractivity contribution in [2.45, 2.75) is 19.0 Å². The largest absolute Gasteiger partial charge is 0.469 e. The average molecular weight is 354 g/mol. The minimum absolute atomic E-state index is 0.277. The SMILES string of the molecule is COC(=O)CCCN(C)c1ccc(C(F)(F)F)cc1Br. The molecule has 0 N–H and O–H groups in total. The van der Waals surface area contributed by atoms with Gasteiger partial charge in [-0.3, -0.25) is 4.79 Å². The Morgan fingerprint density at radius 3 is 2.55 bits per heavy atom. The van der Waals surface area contributed by atoms with Crippen LogP contribution in [0.5, 0.6) is 0 Å². The average Bonchev–Trinajstić information content (AvgIpc) is 2.37. The third-order valence-electron chi connectivity index (χ3n) is 2.79. The maximum Gasteiger partial charge on any atom is 0.416 e. The molecule has 0 spiro atoms. The van der Waals surface area contributed by atoms with Crippen molar-refractivity contribution in [2.75, 3.05) is 25.6 Å². The van der Waals surface area contributed by atoms with E-state index in [0.29, 0.717) is 23.1 Å². The Labute approximate surface area is 123 Å². The lowest BCUT2D eigenvalue weighted by Gasteiger charge is -2.21. The number of hydrogen-bond donors (Lipinski definition) is 0. The van der Waals surface area contributed by atoms with E-state index in [0.717, 1.165) is 12.1 Å². The first-order valence-electron chi connectivity index (χ1n) is 5.90. The zero-order chi connectivity index (χ0) is 15.3. The Hall–Kier alpha value is -1.24. The molecule has 20 heavy (non-hydrogen) atoms. The van der Waals surface area contributed by atoms with Crippen LogP contribution in [-0.2, 0) is 15.7 Å². The van der Waals surface area contributed by atoms with E-state index in [1.807, 2.05) is 0 Å². The summed E-state index contributed by atoms with van der Waals surface area (Å²) in [6.45, 7) is 0.541. The molecule has 0 aromatic heterocycles. The first kappa shape index (κ1) is 16.8. The van der Waals surface area contributed by atoms with Gasteiger partial charge in [-0.1, -0.05) is 0 Å². The van der Waals surface area contributed by atoms with E-state index < -0.39 is 11.7 Å². The number of alkyl halides is 3. The molecular weight excluding hydrogens is 339 g/mol. The van der Waals surface area contributed by atoms with Crippen LogP contribution in [0.25, 0.3) is 0 Å². The predicted octanol–water partition coefficient (Wildman–Crippen LogP) is 3.86. The summed E-state index contributed by atoms with van der Waals surface area (Å²) >= 11 is 3.14. The van der Waals surface area contributed by atoms with Gasteiger partial charge < -0.3 is 9.64 Å². The minimum atomic E-state index is -4.36. The lowest BCUT2D eigenvalue weighted by molar-refractivity contribution is -0.140. The molecule has 0 saturated carbocycles. The van der Waals surface area contributed by atoms with Gasteiger partial charge in [-0.2, -0.15) is 13.2 Å². The van der Waals surface area contributed by atoms with E-state index in [9.17, 15) is 18.0 Å². The van der Waals surface area contributed by atoms with Crippen LogP contribution in [0.2, 0.25) is 0 Å². The second-order valence-corrected chi connectivity index (χ2v) is 5.12. The van der Waals surface area contributed by atoms with Crippen LogP contribution in [0.15, 0.2) is 22.7 Å². The normalized spacial score (nSPS) is 11.3. The van der Waals surface area contributed by atoms with Gasteiger partial charge in [0, 0.05) is 24.5 Å². The lowest BCUT2D eigenvalue weighted by Crippen LogP contribution is -2.20. The molecule has 3 nitrogen and oxygen atoms in total. The molecule has 0 fully saturated rings. The number of methoxy groups -OCH3 is 1. The van der Waals surface area contributed by atoms with Crippen molar-refractivity contribution in [3.8, 4) is 0 Å². The number of rotatable bonds is 5. The summed E-state index contributed by atoms with van der Waals surface area (Å²) in [6, 6.07) is 3.49. The van der Waals surface area contributed by atoms with Crippen LogP contribution in [0, 0.1) is 0 Å². The highest BCUT2D eigenvalue weighted by atomic mass is 79.9. The quantitative estimate of drug-likeness (QED) is 0.753. The molecule has 0 aliphatic rings. The molecule has 0 heterocycles. The van der Waals surface area contributed by atoms with Crippen molar-refractivity contribution < 1.29 is 22.7 Å². The van der Waals surface area contributed by atoms with Gasteiger partial charge in [-0.15, -0.1) is 0 Å². The maximum atomic E-state index is 12.5. The Kier molecular flexibility index (Phi) is 5.86. The molecule has 0 atom stereocenters. The highest BCUT2D eigenvalue weighted by Crippen LogP contribution is 2.35. The summed E-state index contributed by atoms with van der Waals surface area (Å²) in [6.07, 6.45) is -3.51. The second kappa shape index (κ2) is 6.97.